The lowest BCUT2D eigenvalue weighted by atomic mass is 10.1. The van der Waals surface area contributed by atoms with Gasteiger partial charge in [-0.1, -0.05) is 6.07 Å². The summed E-state index contributed by atoms with van der Waals surface area (Å²) in [6.45, 7) is 1.53. The van der Waals surface area contributed by atoms with E-state index in [0.29, 0.717) is 12.3 Å². The summed E-state index contributed by atoms with van der Waals surface area (Å²) in [4.78, 5) is 18.3. The topological polar surface area (TPSA) is 56.6 Å². The number of hydrogen-bond acceptors (Lipinski definition) is 5. The van der Waals surface area contributed by atoms with Crippen molar-refractivity contribution in [1.82, 2.24) is 14.5 Å². The molecule has 7 heteroatoms. The molecule has 0 radical (unpaired) electrons. The number of nitrogens with zero attached hydrogens (tertiary/aromatic N) is 3. The number of ether oxygens (including phenoxy) is 2. The number of benzene rings is 1. The number of imidazole rings is 1. The maximum absolute atomic E-state index is 12.4. The monoisotopic (exact) mass is 347 g/mol. The number of hydrogen-bond donors (Lipinski definition) is 0. The van der Waals surface area contributed by atoms with Crippen molar-refractivity contribution in [1.29, 1.82) is 0 Å². The molecule has 2 aromatic rings. The Labute approximate surface area is 145 Å². The van der Waals surface area contributed by atoms with Crippen LogP contribution in [-0.2, 0) is 11.3 Å². The summed E-state index contributed by atoms with van der Waals surface area (Å²) >= 11 is 1.62. The Kier molecular flexibility index (Phi) is 5.30. The molecule has 0 aliphatic carbocycles. The molecule has 1 atom stereocenters. The van der Waals surface area contributed by atoms with Gasteiger partial charge in [-0.2, -0.15) is 0 Å². The van der Waals surface area contributed by atoms with Crippen LogP contribution in [0.1, 0.15) is 17.4 Å². The average Bonchev–Trinajstić information content (AvgIpc) is 3.25. The molecule has 1 aromatic carbocycles. The number of aromatic nitrogens is 2. The number of methoxy groups -OCH3 is 2. The van der Waals surface area contributed by atoms with Crippen LogP contribution in [0.4, 0.5) is 0 Å². The first-order chi connectivity index (χ1) is 11.7. The van der Waals surface area contributed by atoms with E-state index in [0.717, 1.165) is 30.0 Å². The molecule has 1 saturated heterocycles. The highest BCUT2D eigenvalue weighted by atomic mass is 32.2. The Bertz CT molecular complexity index is 668. The fraction of sp³-hybridized carbons (Fsp3) is 0.412. The largest absolute Gasteiger partial charge is 0.496 e. The number of carbonyl (C=O) groups excluding carboxylic acids is 1. The number of amides is 1. The van der Waals surface area contributed by atoms with Crippen molar-refractivity contribution in [3.63, 3.8) is 0 Å². The minimum atomic E-state index is -0.0774. The zero-order valence-corrected chi connectivity index (χ0v) is 14.7. The lowest BCUT2D eigenvalue weighted by Gasteiger charge is -2.26. The zero-order chi connectivity index (χ0) is 16.9. The zero-order valence-electron chi connectivity index (χ0n) is 13.8. The van der Waals surface area contributed by atoms with E-state index in [1.54, 1.807) is 38.5 Å². The molecule has 1 aliphatic heterocycles. The summed E-state index contributed by atoms with van der Waals surface area (Å²) in [6, 6.07) is 5.71. The third-order valence-corrected chi connectivity index (χ3v) is 5.28. The highest BCUT2D eigenvalue weighted by Crippen LogP contribution is 2.46. The Morgan fingerprint density at radius 1 is 1.25 bits per heavy atom. The van der Waals surface area contributed by atoms with Crippen molar-refractivity contribution >= 4 is 17.7 Å². The minimum absolute atomic E-state index is 0.0774. The molecule has 24 heavy (non-hydrogen) atoms. The summed E-state index contributed by atoms with van der Waals surface area (Å²) in [5.74, 6) is 2.14. The van der Waals surface area contributed by atoms with Crippen LogP contribution in [0.2, 0.25) is 0 Å². The van der Waals surface area contributed by atoms with Crippen molar-refractivity contribution in [3.8, 4) is 11.5 Å². The van der Waals surface area contributed by atoms with Crippen LogP contribution in [0.3, 0.4) is 0 Å². The molecule has 6 nitrogen and oxygen atoms in total. The Hall–Kier alpha value is -2.15. The normalized spacial score (nSPS) is 17.3. The van der Waals surface area contributed by atoms with Crippen LogP contribution in [0, 0.1) is 0 Å². The van der Waals surface area contributed by atoms with E-state index in [9.17, 15) is 4.79 Å². The maximum atomic E-state index is 12.4. The van der Waals surface area contributed by atoms with Gasteiger partial charge in [-0.15, -0.1) is 11.8 Å². The lowest BCUT2D eigenvalue weighted by molar-refractivity contribution is -0.128. The molecule has 2 heterocycles. The summed E-state index contributed by atoms with van der Waals surface area (Å²) in [5, 5.41) is -0.0774. The number of thioether (sulfide) groups is 1. The van der Waals surface area contributed by atoms with Gasteiger partial charge < -0.3 is 18.9 Å². The Morgan fingerprint density at radius 2 is 2.00 bits per heavy atom. The van der Waals surface area contributed by atoms with Crippen LogP contribution < -0.4 is 9.47 Å². The third-order valence-electron chi connectivity index (χ3n) is 4.06. The van der Waals surface area contributed by atoms with Gasteiger partial charge in [-0.25, -0.2) is 4.98 Å². The summed E-state index contributed by atoms with van der Waals surface area (Å²) in [6.07, 6.45) is 6.36. The standard InChI is InChI=1S/C17H21N3O3S/c1-22-13-5-3-6-14(23-2)16(13)17-20(15(21)11-24-17)9-4-8-19-10-7-18-12-19/h3,5-7,10,12,17H,4,8-9,11H2,1-2H3. The van der Waals surface area contributed by atoms with Crippen molar-refractivity contribution < 1.29 is 14.3 Å². The first-order valence-electron chi connectivity index (χ1n) is 7.82. The fourth-order valence-electron chi connectivity index (χ4n) is 2.90. The molecule has 128 valence electrons. The second-order valence-corrected chi connectivity index (χ2v) is 6.55. The molecule has 1 fully saturated rings. The second-order valence-electron chi connectivity index (χ2n) is 5.48. The van der Waals surface area contributed by atoms with E-state index in [1.165, 1.54) is 0 Å². The van der Waals surface area contributed by atoms with Gasteiger partial charge in [0.25, 0.3) is 0 Å². The van der Waals surface area contributed by atoms with Gasteiger partial charge in [0.15, 0.2) is 0 Å². The van der Waals surface area contributed by atoms with Crippen LogP contribution >= 0.6 is 11.8 Å². The highest BCUT2D eigenvalue weighted by molar-refractivity contribution is 8.00. The van der Waals surface area contributed by atoms with Gasteiger partial charge in [-0.3, -0.25) is 4.79 Å². The van der Waals surface area contributed by atoms with E-state index in [1.807, 2.05) is 33.9 Å². The summed E-state index contributed by atoms with van der Waals surface area (Å²) in [7, 11) is 3.28. The molecular weight excluding hydrogens is 326 g/mol. The van der Waals surface area contributed by atoms with Crippen molar-refractivity contribution in [2.45, 2.75) is 18.3 Å². The molecule has 1 aromatic heterocycles. The molecule has 1 aliphatic rings. The quantitative estimate of drug-likeness (QED) is 0.770. The average molecular weight is 347 g/mol. The van der Waals surface area contributed by atoms with E-state index < -0.39 is 0 Å². The second kappa shape index (κ2) is 7.61. The van der Waals surface area contributed by atoms with Gasteiger partial charge in [0.1, 0.15) is 16.9 Å². The smallest absolute Gasteiger partial charge is 0.233 e. The highest BCUT2D eigenvalue weighted by Gasteiger charge is 2.36. The van der Waals surface area contributed by atoms with E-state index in [-0.39, 0.29) is 11.3 Å². The van der Waals surface area contributed by atoms with E-state index in [2.05, 4.69) is 4.98 Å². The lowest BCUT2D eigenvalue weighted by Crippen LogP contribution is -2.30. The van der Waals surface area contributed by atoms with Crippen LogP contribution in [-0.4, -0.2) is 46.9 Å². The molecule has 1 unspecified atom stereocenters. The molecule has 0 N–H and O–H groups in total. The van der Waals surface area contributed by atoms with E-state index in [4.69, 9.17) is 9.47 Å². The van der Waals surface area contributed by atoms with Gasteiger partial charge in [0.2, 0.25) is 5.91 Å². The fourth-order valence-corrected chi connectivity index (χ4v) is 4.17. The van der Waals surface area contributed by atoms with Crippen molar-refractivity contribution in [2.24, 2.45) is 0 Å². The first kappa shape index (κ1) is 16.7. The van der Waals surface area contributed by atoms with Gasteiger partial charge in [0.05, 0.1) is 31.9 Å². The Balaban J connectivity index is 1.77. The predicted molar refractivity (Wildman–Crippen MR) is 93.3 cm³/mol. The van der Waals surface area contributed by atoms with Gasteiger partial charge >= 0.3 is 0 Å². The Morgan fingerprint density at radius 3 is 2.62 bits per heavy atom. The third kappa shape index (κ3) is 3.36. The number of aryl methyl sites for hydroxylation is 1. The molecular formula is C17H21N3O3S. The van der Waals surface area contributed by atoms with Crippen LogP contribution in [0.25, 0.3) is 0 Å². The maximum Gasteiger partial charge on any atom is 0.233 e. The van der Waals surface area contributed by atoms with Crippen molar-refractivity contribution in [2.75, 3.05) is 26.5 Å². The number of rotatable bonds is 7. The number of carbonyl (C=O) groups is 1. The molecule has 0 bridgehead atoms. The molecule has 1 amide bonds. The van der Waals surface area contributed by atoms with Crippen LogP contribution in [0.5, 0.6) is 11.5 Å². The van der Waals surface area contributed by atoms with Crippen molar-refractivity contribution in [3.05, 3.63) is 42.5 Å². The minimum Gasteiger partial charge on any atom is -0.496 e. The SMILES string of the molecule is COc1cccc(OC)c1C1SCC(=O)N1CCCn1ccnc1. The molecule has 0 saturated carbocycles. The first-order valence-corrected chi connectivity index (χ1v) is 8.87. The predicted octanol–water partition coefficient (Wildman–Crippen LogP) is 2.56. The van der Waals surface area contributed by atoms with Gasteiger partial charge in [-0.05, 0) is 18.6 Å². The molecule has 0 spiro atoms. The molecule has 3 rings (SSSR count). The van der Waals surface area contributed by atoms with Gasteiger partial charge in [0, 0.05) is 25.5 Å². The summed E-state index contributed by atoms with van der Waals surface area (Å²) < 4.78 is 13.0. The van der Waals surface area contributed by atoms with E-state index >= 15 is 0 Å². The summed E-state index contributed by atoms with van der Waals surface area (Å²) in [5.41, 5.74) is 0.931. The van der Waals surface area contributed by atoms with Crippen LogP contribution in [0.15, 0.2) is 36.9 Å².